The highest BCUT2D eigenvalue weighted by atomic mass is 31.2. The molecule has 0 saturated heterocycles. The Labute approximate surface area is 414 Å². The number of carbonyl (C=O) groups is 1. The highest BCUT2D eigenvalue weighted by molar-refractivity contribution is 7.45. The Kier molecular flexibility index (Phi) is 47.0. The van der Waals surface area contributed by atoms with Crippen LogP contribution in [0.25, 0.3) is 0 Å². The normalized spacial score (nSPS) is 14.7. The Morgan fingerprint density at radius 1 is 0.537 bits per heavy atom. The molecule has 3 atom stereocenters. The van der Waals surface area contributed by atoms with Crippen molar-refractivity contribution in [2.24, 2.45) is 0 Å². The van der Waals surface area contributed by atoms with Gasteiger partial charge >= 0.3 is 0 Å². The molecule has 0 fully saturated rings. The van der Waals surface area contributed by atoms with Crippen molar-refractivity contribution in [2.75, 3.05) is 40.9 Å². The molecule has 0 heterocycles. The summed E-state index contributed by atoms with van der Waals surface area (Å²) in [5.74, 6) is -0.210. The second-order valence-corrected chi connectivity index (χ2v) is 21.0. The van der Waals surface area contributed by atoms with Crippen LogP contribution in [0.2, 0.25) is 0 Å². The molecule has 2 N–H and O–H groups in total. The van der Waals surface area contributed by atoms with Crippen LogP contribution in [0.5, 0.6) is 0 Å². The second kappa shape index (κ2) is 48.7. The third-order valence-electron chi connectivity index (χ3n) is 11.8. The van der Waals surface area contributed by atoms with Crippen molar-refractivity contribution < 1.29 is 32.9 Å². The minimum absolute atomic E-state index is 0.00825. The maximum absolute atomic E-state index is 12.9. The molecule has 0 bridgehead atoms. The summed E-state index contributed by atoms with van der Waals surface area (Å²) in [6.45, 7) is 4.47. The predicted molar refractivity (Wildman–Crippen MR) is 288 cm³/mol. The number of hydrogen-bond acceptors (Lipinski definition) is 6. The zero-order valence-corrected chi connectivity index (χ0v) is 45.0. The van der Waals surface area contributed by atoms with Crippen molar-refractivity contribution in [3.8, 4) is 0 Å². The Morgan fingerprint density at radius 3 is 1.39 bits per heavy atom. The molecule has 0 rings (SSSR count). The van der Waals surface area contributed by atoms with Gasteiger partial charge in [-0.1, -0.05) is 227 Å². The Hall–Kier alpha value is -2.32. The van der Waals surface area contributed by atoms with Gasteiger partial charge in [-0.3, -0.25) is 9.36 Å². The van der Waals surface area contributed by atoms with Crippen LogP contribution in [-0.4, -0.2) is 68.5 Å². The maximum Gasteiger partial charge on any atom is 0.268 e. The van der Waals surface area contributed by atoms with E-state index in [-0.39, 0.29) is 12.5 Å². The molecule has 0 aromatic carbocycles. The lowest BCUT2D eigenvalue weighted by Gasteiger charge is -2.29. The van der Waals surface area contributed by atoms with Crippen LogP contribution in [0.15, 0.2) is 85.1 Å². The summed E-state index contributed by atoms with van der Waals surface area (Å²) in [6.07, 6.45) is 68.3. The molecule has 0 spiro atoms. The number of aliphatic hydroxyl groups is 1. The Balaban J connectivity index is 3.96. The van der Waals surface area contributed by atoms with Crippen LogP contribution in [0.1, 0.15) is 226 Å². The van der Waals surface area contributed by atoms with E-state index in [9.17, 15) is 19.4 Å². The minimum atomic E-state index is -4.60. The third kappa shape index (κ3) is 51.4. The van der Waals surface area contributed by atoms with Crippen molar-refractivity contribution in [3.05, 3.63) is 85.1 Å². The lowest BCUT2D eigenvalue weighted by molar-refractivity contribution is -0.870. The molecule has 9 heteroatoms. The zero-order valence-electron chi connectivity index (χ0n) is 44.1. The molecule has 3 unspecified atom stereocenters. The van der Waals surface area contributed by atoms with Crippen LogP contribution in [0.4, 0.5) is 0 Å². The molecule has 388 valence electrons. The molecule has 0 aliphatic carbocycles. The molecule has 0 aliphatic heterocycles. The van der Waals surface area contributed by atoms with Crippen LogP contribution in [-0.2, 0) is 18.4 Å². The highest BCUT2D eigenvalue weighted by Gasteiger charge is 2.23. The Bertz CT molecular complexity index is 1360. The van der Waals surface area contributed by atoms with Crippen molar-refractivity contribution in [3.63, 3.8) is 0 Å². The number of aliphatic hydroxyl groups excluding tert-OH is 1. The first-order valence-electron chi connectivity index (χ1n) is 27.4. The van der Waals surface area contributed by atoms with Crippen molar-refractivity contribution in [1.82, 2.24) is 5.32 Å². The first-order valence-corrected chi connectivity index (χ1v) is 28.9. The number of amides is 1. The number of carbonyl (C=O) groups excluding carboxylic acids is 1. The summed E-state index contributed by atoms with van der Waals surface area (Å²) in [4.78, 5) is 25.3. The van der Waals surface area contributed by atoms with Gasteiger partial charge in [0.2, 0.25) is 5.91 Å². The molecule has 67 heavy (non-hydrogen) atoms. The number of quaternary nitrogens is 1. The van der Waals surface area contributed by atoms with Gasteiger partial charge in [-0.2, -0.15) is 0 Å². The SMILES string of the molecule is CC/C=C\C/C=C\C/C=C\C/C=C\C/C=C\CCCCCCCCCCCCCCCCCCCCCC(=O)NC(COP(=O)([O-])OCC[N+](C)(C)C)C(O)/C=C/CC/C=C/CCCCCC. The number of phosphoric ester groups is 1. The smallest absolute Gasteiger partial charge is 0.268 e. The first-order chi connectivity index (χ1) is 32.5. The summed E-state index contributed by atoms with van der Waals surface area (Å²) in [5, 5.41) is 13.7. The molecule has 0 saturated carbocycles. The molecule has 8 nitrogen and oxygen atoms in total. The number of rotatable bonds is 49. The van der Waals surface area contributed by atoms with E-state index < -0.39 is 26.6 Å². The standard InChI is InChI=1S/C58H105N2O6P/c1-6-8-10-12-14-16-18-19-20-21-22-23-24-25-26-27-28-29-30-31-32-33-34-35-36-37-38-39-40-41-42-44-46-48-50-52-58(62)59-56(55-66-67(63,64)65-54-53-60(3,4)5)57(61)51-49-47-45-43-17-15-13-11-9-7-2/h8,10,14,16-17,19-20,22-23,25-26,43,49,51,56-57,61H,6-7,9,11-13,15,18,21,24,27-42,44-48,50,52-55H2,1-5H3,(H-,59,62,63,64)/b10-8-,16-14-,20-19-,23-22-,26-25-,43-17+,51-49+. The van der Waals surface area contributed by atoms with Crippen LogP contribution in [0.3, 0.4) is 0 Å². The number of allylic oxidation sites excluding steroid dienone is 13. The molecule has 0 aliphatic rings. The minimum Gasteiger partial charge on any atom is -0.756 e. The van der Waals surface area contributed by atoms with Gasteiger partial charge in [-0.15, -0.1) is 0 Å². The molecular formula is C58H105N2O6P. The van der Waals surface area contributed by atoms with E-state index in [4.69, 9.17) is 9.05 Å². The van der Waals surface area contributed by atoms with Crippen LogP contribution in [0, 0.1) is 0 Å². The van der Waals surface area contributed by atoms with Crippen molar-refractivity contribution in [1.29, 1.82) is 0 Å². The maximum atomic E-state index is 12.9. The number of likely N-dealkylation sites (N-methyl/N-ethyl adjacent to an activating group) is 1. The van der Waals surface area contributed by atoms with E-state index in [1.165, 1.54) is 135 Å². The van der Waals surface area contributed by atoms with Crippen molar-refractivity contribution in [2.45, 2.75) is 238 Å². The van der Waals surface area contributed by atoms with E-state index in [1.54, 1.807) is 6.08 Å². The second-order valence-electron chi connectivity index (χ2n) is 19.5. The number of nitrogens with zero attached hydrogens (tertiary/aromatic N) is 1. The number of phosphoric acid groups is 1. The summed E-state index contributed by atoms with van der Waals surface area (Å²) in [6, 6.07) is -0.903. The van der Waals surface area contributed by atoms with Gasteiger partial charge < -0.3 is 28.8 Å². The summed E-state index contributed by atoms with van der Waals surface area (Å²) >= 11 is 0. The van der Waals surface area contributed by atoms with E-state index in [0.29, 0.717) is 17.4 Å². The predicted octanol–water partition coefficient (Wildman–Crippen LogP) is 15.8. The largest absolute Gasteiger partial charge is 0.756 e. The summed E-state index contributed by atoms with van der Waals surface area (Å²) in [5.41, 5.74) is 0. The van der Waals surface area contributed by atoms with Gasteiger partial charge in [0.15, 0.2) is 0 Å². The van der Waals surface area contributed by atoms with Crippen LogP contribution >= 0.6 is 7.82 Å². The average Bonchev–Trinajstić information content (AvgIpc) is 3.29. The fraction of sp³-hybridized carbons (Fsp3) is 0.741. The monoisotopic (exact) mass is 957 g/mol. The fourth-order valence-electron chi connectivity index (χ4n) is 7.55. The Morgan fingerprint density at radius 2 is 0.925 bits per heavy atom. The van der Waals surface area contributed by atoms with Gasteiger partial charge in [0.25, 0.3) is 7.82 Å². The lowest BCUT2D eigenvalue weighted by Crippen LogP contribution is -2.45. The molecule has 1 amide bonds. The van der Waals surface area contributed by atoms with Gasteiger partial charge in [-0.25, -0.2) is 0 Å². The van der Waals surface area contributed by atoms with Gasteiger partial charge in [0, 0.05) is 6.42 Å². The van der Waals surface area contributed by atoms with Crippen LogP contribution < -0.4 is 10.2 Å². The van der Waals surface area contributed by atoms with E-state index >= 15 is 0 Å². The zero-order chi connectivity index (χ0) is 49.2. The number of unbranched alkanes of at least 4 members (excludes halogenated alkanes) is 24. The molecule has 0 aromatic rings. The molecular weight excluding hydrogens is 852 g/mol. The number of hydrogen-bond donors (Lipinski definition) is 2. The van der Waals surface area contributed by atoms with Gasteiger partial charge in [0.05, 0.1) is 39.9 Å². The van der Waals surface area contributed by atoms with E-state index in [1.807, 2.05) is 27.2 Å². The van der Waals surface area contributed by atoms with Gasteiger partial charge in [-0.05, 0) is 77.0 Å². The summed E-state index contributed by atoms with van der Waals surface area (Å²) < 4.78 is 23.2. The third-order valence-corrected chi connectivity index (χ3v) is 12.8. The van der Waals surface area contributed by atoms with Crippen molar-refractivity contribution >= 4 is 13.7 Å². The average molecular weight is 957 g/mol. The first kappa shape index (κ1) is 64.7. The molecule has 0 radical (unpaired) electrons. The topological polar surface area (TPSA) is 108 Å². The van der Waals surface area contributed by atoms with E-state index in [0.717, 1.165) is 70.6 Å². The van der Waals surface area contributed by atoms with Gasteiger partial charge in [0.1, 0.15) is 13.2 Å². The fourth-order valence-corrected chi connectivity index (χ4v) is 8.27. The number of nitrogens with one attached hydrogen (secondary N) is 1. The quantitative estimate of drug-likeness (QED) is 0.0272. The summed E-state index contributed by atoms with van der Waals surface area (Å²) in [7, 11) is 1.24. The molecule has 0 aromatic heterocycles. The lowest BCUT2D eigenvalue weighted by atomic mass is 10.0. The highest BCUT2D eigenvalue weighted by Crippen LogP contribution is 2.38. The van der Waals surface area contributed by atoms with E-state index in [2.05, 4.69) is 92.1 Å².